The number of halogens is 3. The summed E-state index contributed by atoms with van der Waals surface area (Å²) in [6, 6.07) is 10.1. The highest BCUT2D eigenvalue weighted by molar-refractivity contribution is 7.89. The Balaban J connectivity index is 1.96. The number of benzene rings is 2. The molecule has 8 nitrogen and oxygen atoms in total. The Morgan fingerprint density at radius 1 is 1.00 bits per heavy atom. The minimum atomic E-state index is -5.48. The largest absolute Gasteiger partial charge is 0.497 e. The Hall–Kier alpha value is -3.38. The molecule has 1 amide bonds. The van der Waals surface area contributed by atoms with Crippen LogP contribution in [0.1, 0.15) is 26.7 Å². The van der Waals surface area contributed by atoms with Gasteiger partial charge in [-0.05, 0) is 60.4 Å². The van der Waals surface area contributed by atoms with Gasteiger partial charge >= 0.3 is 6.18 Å². The van der Waals surface area contributed by atoms with Crippen molar-refractivity contribution < 1.29 is 35.9 Å². The monoisotopic (exact) mass is 523 g/mol. The van der Waals surface area contributed by atoms with Crippen molar-refractivity contribution in [3.8, 4) is 5.75 Å². The van der Waals surface area contributed by atoms with Gasteiger partial charge in [0, 0.05) is 23.5 Å². The third kappa shape index (κ3) is 4.03. The Morgan fingerprint density at radius 3 is 2.11 bits per heavy atom. The number of carbonyl (C=O) groups excluding carboxylic acids is 2. The second kappa shape index (κ2) is 8.34. The topological polar surface area (TPSA) is 119 Å². The number of anilines is 2. The predicted octanol–water partition coefficient (Wildman–Crippen LogP) is 3.55. The second-order valence-electron chi connectivity index (χ2n) is 9.52. The molecule has 1 atom stereocenters. The van der Waals surface area contributed by atoms with E-state index in [1.54, 1.807) is 18.6 Å². The summed E-state index contributed by atoms with van der Waals surface area (Å²) < 4.78 is 77.7. The van der Waals surface area contributed by atoms with Gasteiger partial charge in [0.2, 0.25) is 15.6 Å². The highest BCUT2D eigenvalue weighted by Crippen LogP contribution is 2.53. The molecule has 3 N–H and O–H groups in total. The number of nitrogens with one attached hydrogen (secondary N) is 1. The Morgan fingerprint density at radius 2 is 1.58 bits per heavy atom. The van der Waals surface area contributed by atoms with Gasteiger partial charge in [-0.2, -0.15) is 17.9 Å². The third-order valence-electron chi connectivity index (χ3n) is 6.26. The van der Waals surface area contributed by atoms with Crippen molar-refractivity contribution in [2.75, 3.05) is 17.7 Å². The average Bonchev–Trinajstić information content (AvgIpc) is 3.01. The number of rotatable bonds is 5. The first-order valence-electron chi connectivity index (χ1n) is 10.8. The van der Waals surface area contributed by atoms with Gasteiger partial charge in [-0.1, -0.05) is 13.8 Å². The smallest absolute Gasteiger partial charge is 0.421 e. The van der Waals surface area contributed by atoms with Gasteiger partial charge < -0.3 is 10.5 Å². The van der Waals surface area contributed by atoms with Crippen LogP contribution in [0.4, 0.5) is 24.5 Å². The number of nitrogen functional groups attached to an aromatic ring is 1. The fourth-order valence-corrected chi connectivity index (χ4v) is 5.95. The Kier molecular flexibility index (Phi) is 5.96. The molecule has 0 spiro atoms. The van der Waals surface area contributed by atoms with Gasteiger partial charge in [-0.15, -0.1) is 0 Å². The number of ketones is 1. The molecule has 1 heterocycles. The van der Waals surface area contributed by atoms with E-state index in [1.807, 2.05) is 0 Å². The van der Waals surface area contributed by atoms with Crippen molar-refractivity contribution in [1.82, 2.24) is 4.72 Å². The van der Waals surface area contributed by atoms with Gasteiger partial charge in [0.1, 0.15) is 5.75 Å². The van der Waals surface area contributed by atoms with Crippen LogP contribution in [-0.2, 0) is 19.6 Å². The van der Waals surface area contributed by atoms with E-state index in [0.717, 1.165) is 17.0 Å². The van der Waals surface area contributed by atoms with Gasteiger partial charge in [-0.25, -0.2) is 8.42 Å². The number of nitrogens with two attached hydrogens (primary N) is 1. The number of hydrogen-bond donors (Lipinski definition) is 2. The van der Waals surface area contributed by atoms with Crippen LogP contribution in [0.15, 0.2) is 64.7 Å². The molecule has 0 radical (unpaired) electrons. The molecule has 2 aromatic rings. The quantitative estimate of drug-likeness (QED) is 0.579. The number of alkyl halides is 3. The number of allylic oxidation sites excluding steroid dienone is 1. The Labute approximate surface area is 206 Å². The molecule has 0 bridgehead atoms. The first-order valence-corrected chi connectivity index (χ1v) is 12.3. The van der Waals surface area contributed by atoms with Crippen LogP contribution in [-0.4, -0.2) is 38.9 Å². The first kappa shape index (κ1) is 25.7. The summed E-state index contributed by atoms with van der Waals surface area (Å²) in [6.07, 6.45) is -5.84. The normalized spacial score (nSPS) is 22.1. The molecule has 4 rings (SSSR count). The van der Waals surface area contributed by atoms with E-state index in [2.05, 4.69) is 0 Å². The number of ether oxygens (including phenoxy) is 1. The summed E-state index contributed by atoms with van der Waals surface area (Å²) in [5.74, 6) is -2.19. The lowest BCUT2D eigenvalue weighted by Crippen LogP contribution is -2.66. The summed E-state index contributed by atoms with van der Waals surface area (Å²) in [5, 5.41) is 0. The molecule has 2 aliphatic rings. The minimum absolute atomic E-state index is 0.0385. The zero-order valence-corrected chi connectivity index (χ0v) is 20.5. The standard InChI is InChI=1S/C24H24F3N3O5S/c1-22(2)12-18-20(19(31)13-22)23(24(25,26)27,29-36(33,34)17-10-4-14(28)5-11-17)21(32)30(18)15-6-8-16(35-3)9-7-15/h4-11,29H,12-13,28H2,1-3H3/t23-/m1/s1. The highest BCUT2D eigenvalue weighted by atomic mass is 32.2. The van der Waals surface area contributed by atoms with E-state index in [9.17, 15) is 31.2 Å². The van der Waals surface area contributed by atoms with Crippen LogP contribution in [0.2, 0.25) is 0 Å². The number of amides is 1. The van der Waals surface area contributed by atoms with Crippen LogP contribution in [0.3, 0.4) is 0 Å². The van der Waals surface area contributed by atoms with Crippen LogP contribution in [0, 0.1) is 5.41 Å². The van der Waals surface area contributed by atoms with Gasteiger partial charge in [0.15, 0.2) is 5.78 Å². The second-order valence-corrected chi connectivity index (χ2v) is 11.2. The van der Waals surface area contributed by atoms with Crippen molar-refractivity contribution in [2.24, 2.45) is 5.41 Å². The third-order valence-corrected chi connectivity index (χ3v) is 7.72. The zero-order chi connectivity index (χ0) is 26.7. The molecule has 2 aromatic carbocycles. The van der Waals surface area contributed by atoms with Crippen molar-refractivity contribution in [3.05, 3.63) is 59.8 Å². The number of carbonyl (C=O) groups is 2. The SMILES string of the molecule is COc1ccc(N2C(=O)[C@@](NS(=O)(=O)c3ccc(N)cc3)(C(F)(F)F)C3=C2CC(C)(C)CC3=O)cc1. The van der Waals surface area contributed by atoms with E-state index in [1.165, 1.54) is 43.5 Å². The lowest BCUT2D eigenvalue weighted by atomic mass is 9.72. The summed E-state index contributed by atoms with van der Waals surface area (Å²) in [4.78, 5) is 27.2. The van der Waals surface area contributed by atoms with Crippen molar-refractivity contribution >= 4 is 33.1 Å². The number of hydrogen-bond acceptors (Lipinski definition) is 6. The summed E-state index contributed by atoms with van der Waals surface area (Å²) in [7, 11) is -3.53. The molecular weight excluding hydrogens is 499 g/mol. The van der Waals surface area contributed by atoms with Gasteiger partial charge in [0.05, 0.1) is 17.6 Å². The number of Topliss-reactive ketones (excluding diaryl/α,β-unsaturated/α-hetero) is 1. The summed E-state index contributed by atoms with van der Waals surface area (Å²) in [5.41, 5.74) is 0.124. The predicted molar refractivity (Wildman–Crippen MR) is 125 cm³/mol. The molecule has 0 saturated heterocycles. The molecule has 1 aliphatic carbocycles. The summed E-state index contributed by atoms with van der Waals surface area (Å²) in [6.45, 7) is 3.38. The van der Waals surface area contributed by atoms with E-state index in [0.29, 0.717) is 5.75 Å². The fraction of sp³-hybridized carbons (Fsp3) is 0.333. The van der Waals surface area contributed by atoms with Gasteiger partial charge in [-0.3, -0.25) is 14.5 Å². The molecule has 0 fully saturated rings. The molecule has 192 valence electrons. The van der Waals surface area contributed by atoms with E-state index >= 15 is 0 Å². The van der Waals surface area contributed by atoms with Crippen LogP contribution in [0.25, 0.3) is 0 Å². The maximum absolute atomic E-state index is 14.9. The van der Waals surface area contributed by atoms with Crippen LogP contribution in [0.5, 0.6) is 5.75 Å². The lowest BCUT2D eigenvalue weighted by Gasteiger charge is -2.35. The maximum Gasteiger partial charge on any atom is 0.421 e. The lowest BCUT2D eigenvalue weighted by molar-refractivity contribution is -0.184. The van der Waals surface area contributed by atoms with Gasteiger partial charge in [0.25, 0.3) is 5.91 Å². The molecule has 0 saturated carbocycles. The maximum atomic E-state index is 14.9. The molecule has 12 heteroatoms. The fourth-order valence-electron chi connectivity index (χ4n) is 4.63. The minimum Gasteiger partial charge on any atom is -0.497 e. The number of nitrogens with zero attached hydrogens (tertiary/aromatic N) is 1. The molecule has 0 aromatic heterocycles. The van der Waals surface area contributed by atoms with Crippen molar-refractivity contribution in [2.45, 2.75) is 43.3 Å². The zero-order valence-electron chi connectivity index (χ0n) is 19.6. The molecule has 1 aliphatic heterocycles. The average molecular weight is 524 g/mol. The molecular formula is C24H24F3N3O5S. The highest BCUT2D eigenvalue weighted by Gasteiger charge is 2.72. The van der Waals surface area contributed by atoms with Crippen molar-refractivity contribution in [1.29, 1.82) is 0 Å². The number of methoxy groups -OCH3 is 1. The first-order chi connectivity index (χ1) is 16.6. The van der Waals surface area contributed by atoms with Crippen LogP contribution < -0.4 is 20.1 Å². The van der Waals surface area contributed by atoms with Crippen LogP contribution >= 0.6 is 0 Å². The van der Waals surface area contributed by atoms with E-state index in [4.69, 9.17) is 10.5 Å². The number of sulfonamides is 1. The van der Waals surface area contributed by atoms with E-state index in [-0.39, 0.29) is 29.9 Å². The van der Waals surface area contributed by atoms with Crippen molar-refractivity contribution in [3.63, 3.8) is 0 Å². The van der Waals surface area contributed by atoms with E-state index < -0.39 is 49.3 Å². The molecule has 36 heavy (non-hydrogen) atoms. The Bertz CT molecular complexity index is 1370. The summed E-state index contributed by atoms with van der Waals surface area (Å²) >= 11 is 0. The molecule has 0 unspecified atom stereocenters.